The van der Waals surface area contributed by atoms with Crippen molar-refractivity contribution >= 4 is 11.8 Å². The van der Waals surface area contributed by atoms with Gasteiger partial charge in [-0.3, -0.25) is 9.59 Å². The highest BCUT2D eigenvalue weighted by Crippen LogP contribution is 2.43. The average molecular weight is 324 g/mol. The Labute approximate surface area is 140 Å². The molecule has 0 heterocycles. The normalized spacial score (nSPS) is 23.2. The van der Waals surface area contributed by atoms with E-state index in [2.05, 4.69) is 0 Å². The first-order chi connectivity index (χ1) is 11.1. The second-order valence-corrected chi connectivity index (χ2v) is 7.14. The third-order valence-corrected chi connectivity index (χ3v) is 5.61. The first-order valence-corrected chi connectivity index (χ1v) is 9.43. The second kappa shape index (κ2) is 8.27. The van der Waals surface area contributed by atoms with Gasteiger partial charge in [-0.2, -0.15) is 0 Å². The van der Waals surface area contributed by atoms with Crippen LogP contribution in [-0.4, -0.2) is 30.6 Å². The SMILES string of the molecule is CCOC(=O)C1(C(=O)CC2(OCC)CCCCC2)CCCCC1. The van der Waals surface area contributed by atoms with Crippen LogP contribution in [0.5, 0.6) is 0 Å². The number of esters is 1. The molecular formula is C19H32O4. The van der Waals surface area contributed by atoms with Crippen LogP contribution in [0.2, 0.25) is 0 Å². The number of rotatable bonds is 7. The molecule has 2 saturated carbocycles. The Balaban J connectivity index is 2.17. The summed E-state index contributed by atoms with van der Waals surface area (Å²) in [5, 5.41) is 0. The lowest BCUT2D eigenvalue weighted by atomic mass is 9.67. The molecule has 0 spiro atoms. The molecule has 0 radical (unpaired) electrons. The van der Waals surface area contributed by atoms with Crippen molar-refractivity contribution in [1.82, 2.24) is 0 Å². The van der Waals surface area contributed by atoms with Crippen LogP contribution in [0, 0.1) is 5.41 Å². The first kappa shape index (κ1) is 18.4. The monoisotopic (exact) mass is 324 g/mol. The van der Waals surface area contributed by atoms with Gasteiger partial charge >= 0.3 is 5.97 Å². The van der Waals surface area contributed by atoms with Crippen LogP contribution in [0.1, 0.15) is 84.5 Å². The molecule has 2 fully saturated rings. The summed E-state index contributed by atoms with van der Waals surface area (Å²) in [6.07, 6.45) is 9.95. The molecule has 2 rings (SSSR count). The van der Waals surface area contributed by atoms with Crippen molar-refractivity contribution in [2.45, 2.75) is 90.1 Å². The third-order valence-electron chi connectivity index (χ3n) is 5.61. The Kier molecular flexibility index (Phi) is 6.63. The number of hydrogen-bond donors (Lipinski definition) is 0. The number of hydrogen-bond acceptors (Lipinski definition) is 4. The molecule has 0 saturated heterocycles. The quantitative estimate of drug-likeness (QED) is 0.520. The van der Waals surface area contributed by atoms with Gasteiger partial charge in [0.25, 0.3) is 0 Å². The Morgan fingerprint density at radius 2 is 1.39 bits per heavy atom. The zero-order valence-corrected chi connectivity index (χ0v) is 14.8. The lowest BCUT2D eigenvalue weighted by Crippen LogP contribution is -2.47. The molecule has 0 bridgehead atoms. The molecule has 0 unspecified atom stereocenters. The summed E-state index contributed by atoms with van der Waals surface area (Å²) < 4.78 is 11.3. The Hall–Kier alpha value is -0.900. The first-order valence-electron chi connectivity index (χ1n) is 9.43. The van der Waals surface area contributed by atoms with Gasteiger partial charge in [-0.05, 0) is 39.5 Å². The smallest absolute Gasteiger partial charge is 0.319 e. The summed E-state index contributed by atoms with van der Waals surface area (Å²) in [4.78, 5) is 25.8. The lowest BCUT2D eigenvalue weighted by molar-refractivity contribution is -0.165. The Morgan fingerprint density at radius 1 is 0.826 bits per heavy atom. The molecule has 2 aliphatic rings. The molecule has 4 heteroatoms. The van der Waals surface area contributed by atoms with E-state index >= 15 is 0 Å². The predicted octanol–water partition coefficient (Wildman–Crippen LogP) is 4.20. The number of carbonyl (C=O) groups excluding carboxylic acids is 2. The van der Waals surface area contributed by atoms with Gasteiger partial charge in [0.2, 0.25) is 0 Å². The van der Waals surface area contributed by atoms with Crippen molar-refractivity contribution in [3.63, 3.8) is 0 Å². The van der Waals surface area contributed by atoms with E-state index in [1.54, 1.807) is 0 Å². The van der Waals surface area contributed by atoms with Crippen LogP contribution in [0.4, 0.5) is 0 Å². The van der Waals surface area contributed by atoms with E-state index in [4.69, 9.17) is 9.47 Å². The highest BCUT2D eigenvalue weighted by Gasteiger charge is 2.50. The van der Waals surface area contributed by atoms with Crippen LogP contribution >= 0.6 is 0 Å². The molecule has 0 N–H and O–H groups in total. The van der Waals surface area contributed by atoms with Crippen LogP contribution in [0.15, 0.2) is 0 Å². The highest BCUT2D eigenvalue weighted by atomic mass is 16.5. The molecule has 132 valence electrons. The summed E-state index contributed by atoms with van der Waals surface area (Å²) in [5.41, 5.74) is -1.25. The molecule has 0 aromatic heterocycles. The summed E-state index contributed by atoms with van der Waals surface area (Å²) >= 11 is 0. The summed E-state index contributed by atoms with van der Waals surface area (Å²) in [6, 6.07) is 0. The van der Waals surface area contributed by atoms with E-state index in [0.29, 0.717) is 32.5 Å². The maximum atomic E-state index is 13.2. The van der Waals surface area contributed by atoms with Gasteiger partial charge in [0, 0.05) is 13.0 Å². The molecule has 2 aliphatic carbocycles. The van der Waals surface area contributed by atoms with Gasteiger partial charge in [0.05, 0.1) is 12.2 Å². The minimum atomic E-state index is -0.907. The minimum absolute atomic E-state index is 0.0611. The summed E-state index contributed by atoms with van der Waals surface area (Å²) in [7, 11) is 0. The summed E-state index contributed by atoms with van der Waals surface area (Å²) in [6.45, 7) is 4.76. The molecule has 0 atom stereocenters. The fourth-order valence-electron chi connectivity index (χ4n) is 4.36. The standard InChI is InChI=1S/C19H32O4/c1-3-22-17(21)19(13-9-6-10-14-19)16(20)15-18(23-4-2)11-7-5-8-12-18/h3-15H2,1-2H3. The molecular weight excluding hydrogens is 292 g/mol. The zero-order valence-electron chi connectivity index (χ0n) is 14.8. The molecule has 23 heavy (non-hydrogen) atoms. The topological polar surface area (TPSA) is 52.6 Å². The van der Waals surface area contributed by atoms with Crippen molar-refractivity contribution < 1.29 is 19.1 Å². The molecule has 0 aromatic rings. The van der Waals surface area contributed by atoms with Crippen molar-refractivity contribution in [3.05, 3.63) is 0 Å². The Bertz CT molecular complexity index is 398. The van der Waals surface area contributed by atoms with Crippen molar-refractivity contribution in [3.8, 4) is 0 Å². The number of carbonyl (C=O) groups is 2. The molecule has 0 aliphatic heterocycles. The molecule has 0 amide bonds. The van der Waals surface area contributed by atoms with Crippen LogP contribution in [-0.2, 0) is 19.1 Å². The van der Waals surface area contributed by atoms with E-state index < -0.39 is 5.41 Å². The largest absolute Gasteiger partial charge is 0.465 e. The number of Topliss-reactive ketones (excluding diaryl/α,β-unsaturated/α-hetero) is 1. The predicted molar refractivity (Wildman–Crippen MR) is 89.2 cm³/mol. The van der Waals surface area contributed by atoms with E-state index in [-0.39, 0.29) is 17.4 Å². The van der Waals surface area contributed by atoms with Crippen LogP contribution in [0.25, 0.3) is 0 Å². The average Bonchev–Trinajstić information content (AvgIpc) is 2.56. The Morgan fingerprint density at radius 3 is 1.91 bits per heavy atom. The van der Waals surface area contributed by atoms with Crippen molar-refractivity contribution in [2.24, 2.45) is 5.41 Å². The third kappa shape index (κ3) is 4.14. The number of ether oxygens (including phenoxy) is 2. The van der Waals surface area contributed by atoms with Crippen LogP contribution < -0.4 is 0 Å². The van der Waals surface area contributed by atoms with Gasteiger partial charge in [-0.15, -0.1) is 0 Å². The van der Waals surface area contributed by atoms with E-state index in [1.807, 2.05) is 13.8 Å². The van der Waals surface area contributed by atoms with E-state index in [0.717, 1.165) is 44.9 Å². The van der Waals surface area contributed by atoms with Gasteiger partial charge in [0.1, 0.15) is 5.41 Å². The maximum Gasteiger partial charge on any atom is 0.319 e. The number of ketones is 1. The van der Waals surface area contributed by atoms with Crippen molar-refractivity contribution in [2.75, 3.05) is 13.2 Å². The zero-order chi connectivity index (χ0) is 16.8. The van der Waals surface area contributed by atoms with E-state index in [1.165, 1.54) is 6.42 Å². The maximum absolute atomic E-state index is 13.2. The lowest BCUT2D eigenvalue weighted by Gasteiger charge is -2.40. The molecule has 4 nitrogen and oxygen atoms in total. The van der Waals surface area contributed by atoms with Crippen molar-refractivity contribution in [1.29, 1.82) is 0 Å². The van der Waals surface area contributed by atoms with E-state index in [9.17, 15) is 9.59 Å². The fourth-order valence-corrected chi connectivity index (χ4v) is 4.36. The molecule has 0 aromatic carbocycles. The van der Waals surface area contributed by atoms with Gasteiger partial charge < -0.3 is 9.47 Å². The highest BCUT2D eigenvalue weighted by molar-refractivity contribution is 6.04. The van der Waals surface area contributed by atoms with Gasteiger partial charge in [0.15, 0.2) is 5.78 Å². The van der Waals surface area contributed by atoms with Crippen LogP contribution in [0.3, 0.4) is 0 Å². The fraction of sp³-hybridized carbons (Fsp3) is 0.895. The minimum Gasteiger partial charge on any atom is -0.465 e. The summed E-state index contributed by atoms with van der Waals surface area (Å²) in [5.74, 6) is -0.238. The van der Waals surface area contributed by atoms with Gasteiger partial charge in [-0.1, -0.05) is 38.5 Å². The van der Waals surface area contributed by atoms with Gasteiger partial charge in [-0.25, -0.2) is 0 Å². The second-order valence-electron chi connectivity index (χ2n) is 7.14.